The van der Waals surface area contributed by atoms with Crippen molar-refractivity contribution in [3.05, 3.63) is 63.6 Å². The summed E-state index contributed by atoms with van der Waals surface area (Å²) >= 11 is 9.46. The highest BCUT2D eigenvalue weighted by Gasteiger charge is 2.26. The van der Waals surface area contributed by atoms with Crippen LogP contribution >= 0.6 is 27.5 Å². The van der Waals surface area contributed by atoms with Gasteiger partial charge in [0.05, 0.1) is 5.02 Å². The van der Waals surface area contributed by atoms with Crippen LogP contribution in [0.4, 0.5) is 0 Å². The number of halogens is 2. The molecule has 0 bridgehead atoms. The van der Waals surface area contributed by atoms with Gasteiger partial charge in [0.15, 0.2) is 6.61 Å². The van der Waals surface area contributed by atoms with E-state index in [1.807, 2.05) is 31.2 Å². The summed E-state index contributed by atoms with van der Waals surface area (Å²) in [5, 5.41) is 3.19. The standard InChI is InChI=1S/C20H22BrClN2O3/c1-3-23-20(26)14(2)24(12-15-8-10-16(21)11-9-15)19(25)13-27-18-7-5-4-6-17(18)22/h4-11,14H,3,12-13H2,1-2H3,(H,23,26)/t14-/m1/s1. The van der Waals surface area contributed by atoms with E-state index < -0.39 is 6.04 Å². The molecule has 0 aliphatic heterocycles. The maximum absolute atomic E-state index is 12.8. The minimum atomic E-state index is -0.629. The molecule has 0 heterocycles. The van der Waals surface area contributed by atoms with Crippen molar-refractivity contribution in [2.24, 2.45) is 0 Å². The summed E-state index contributed by atoms with van der Waals surface area (Å²) in [5.41, 5.74) is 0.917. The molecule has 0 fully saturated rings. The van der Waals surface area contributed by atoms with Gasteiger partial charge in [0.1, 0.15) is 11.8 Å². The van der Waals surface area contributed by atoms with Crippen molar-refractivity contribution < 1.29 is 14.3 Å². The summed E-state index contributed by atoms with van der Waals surface area (Å²) < 4.78 is 6.51. The van der Waals surface area contributed by atoms with E-state index in [1.165, 1.54) is 4.90 Å². The van der Waals surface area contributed by atoms with Gasteiger partial charge in [-0.15, -0.1) is 0 Å². The molecule has 2 amide bonds. The van der Waals surface area contributed by atoms with Gasteiger partial charge in [0.2, 0.25) is 5.91 Å². The average molecular weight is 454 g/mol. The number of likely N-dealkylation sites (N-methyl/N-ethyl adjacent to an activating group) is 1. The Balaban J connectivity index is 2.14. The lowest BCUT2D eigenvalue weighted by Crippen LogP contribution is -2.49. The van der Waals surface area contributed by atoms with Crippen LogP contribution in [0.5, 0.6) is 5.75 Å². The van der Waals surface area contributed by atoms with Crippen LogP contribution in [0.15, 0.2) is 53.0 Å². The predicted octanol–water partition coefficient (Wildman–Crippen LogP) is 4.03. The third-order valence-electron chi connectivity index (χ3n) is 3.97. The second-order valence-corrected chi connectivity index (χ2v) is 7.26. The van der Waals surface area contributed by atoms with Gasteiger partial charge in [0, 0.05) is 17.6 Å². The highest BCUT2D eigenvalue weighted by atomic mass is 79.9. The third-order valence-corrected chi connectivity index (χ3v) is 4.81. The minimum absolute atomic E-state index is 0.204. The number of amides is 2. The van der Waals surface area contributed by atoms with Crippen molar-refractivity contribution in [2.45, 2.75) is 26.4 Å². The molecule has 0 unspecified atom stereocenters. The van der Waals surface area contributed by atoms with E-state index in [2.05, 4.69) is 21.2 Å². The fourth-order valence-corrected chi connectivity index (χ4v) is 2.93. The molecule has 2 rings (SSSR count). The van der Waals surface area contributed by atoms with Gasteiger partial charge in [-0.25, -0.2) is 0 Å². The van der Waals surface area contributed by atoms with Gasteiger partial charge >= 0.3 is 0 Å². The third kappa shape index (κ3) is 6.26. The van der Waals surface area contributed by atoms with E-state index in [4.69, 9.17) is 16.3 Å². The molecule has 7 heteroatoms. The summed E-state index contributed by atoms with van der Waals surface area (Å²) in [6, 6.07) is 13.9. The van der Waals surface area contributed by atoms with Gasteiger partial charge in [0.25, 0.3) is 5.91 Å². The average Bonchev–Trinajstić information content (AvgIpc) is 2.66. The first kappa shape index (κ1) is 21.3. The largest absolute Gasteiger partial charge is 0.482 e. The second-order valence-electron chi connectivity index (χ2n) is 5.94. The Bertz CT molecular complexity index is 783. The molecule has 2 aromatic carbocycles. The van der Waals surface area contributed by atoms with Crippen molar-refractivity contribution in [3.8, 4) is 5.75 Å². The predicted molar refractivity (Wildman–Crippen MR) is 110 cm³/mol. The van der Waals surface area contributed by atoms with Gasteiger partial charge < -0.3 is 15.0 Å². The summed E-state index contributed by atoms with van der Waals surface area (Å²) in [4.78, 5) is 26.6. The Hall–Kier alpha value is -2.05. The van der Waals surface area contributed by atoms with E-state index >= 15 is 0 Å². The number of nitrogens with zero attached hydrogens (tertiary/aromatic N) is 1. The number of rotatable bonds is 8. The van der Waals surface area contributed by atoms with Crippen molar-refractivity contribution in [1.82, 2.24) is 10.2 Å². The number of hydrogen-bond acceptors (Lipinski definition) is 3. The fourth-order valence-electron chi connectivity index (χ4n) is 2.48. The van der Waals surface area contributed by atoms with Crippen LogP contribution in [0.3, 0.4) is 0 Å². The maximum Gasteiger partial charge on any atom is 0.261 e. The van der Waals surface area contributed by atoms with Crippen LogP contribution < -0.4 is 10.1 Å². The van der Waals surface area contributed by atoms with Gasteiger partial charge in [-0.05, 0) is 43.7 Å². The molecule has 1 atom stereocenters. The van der Waals surface area contributed by atoms with Crippen molar-refractivity contribution in [2.75, 3.05) is 13.2 Å². The Morgan fingerprint density at radius 1 is 1.19 bits per heavy atom. The molecule has 1 N–H and O–H groups in total. The Morgan fingerprint density at radius 3 is 2.48 bits per heavy atom. The Morgan fingerprint density at radius 2 is 1.85 bits per heavy atom. The van der Waals surface area contributed by atoms with E-state index in [9.17, 15) is 9.59 Å². The van der Waals surface area contributed by atoms with Crippen molar-refractivity contribution >= 4 is 39.3 Å². The Kier molecular flexibility index (Phi) is 8.13. The summed E-state index contributed by atoms with van der Waals surface area (Å²) in [7, 11) is 0. The number of carbonyl (C=O) groups is 2. The highest BCUT2D eigenvalue weighted by molar-refractivity contribution is 9.10. The molecule has 144 valence electrons. The van der Waals surface area contributed by atoms with E-state index in [-0.39, 0.29) is 18.4 Å². The van der Waals surface area contributed by atoms with E-state index in [0.29, 0.717) is 23.9 Å². The summed E-state index contributed by atoms with van der Waals surface area (Å²) in [6.45, 7) is 4.14. The molecule has 0 spiro atoms. The molecule has 27 heavy (non-hydrogen) atoms. The zero-order valence-electron chi connectivity index (χ0n) is 15.2. The van der Waals surface area contributed by atoms with Crippen LogP contribution in [0, 0.1) is 0 Å². The number of nitrogens with one attached hydrogen (secondary N) is 1. The lowest BCUT2D eigenvalue weighted by Gasteiger charge is -2.28. The van der Waals surface area contributed by atoms with Crippen LogP contribution in [-0.4, -0.2) is 35.9 Å². The lowest BCUT2D eigenvalue weighted by molar-refractivity contribution is -0.142. The molecule has 0 aromatic heterocycles. The van der Waals surface area contributed by atoms with Crippen molar-refractivity contribution in [1.29, 1.82) is 0 Å². The SMILES string of the molecule is CCNC(=O)[C@@H](C)N(Cc1ccc(Br)cc1)C(=O)COc1ccccc1Cl. The van der Waals surface area contributed by atoms with Crippen LogP contribution in [0.2, 0.25) is 5.02 Å². The van der Waals surface area contributed by atoms with Gasteiger partial charge in [-0.2, -0.15) is 0 Å². The molecule has 2 aromatic rings. The number of para-hydroxylation sites is 1. The Labute approximate surface area is 172 Å². The maximum atomic E-state index is 12.8. The minimum Gasteiger partial charge on any atom is -0.482 e. The zero-order chi connectivity index (χ0) is 19.8. The molecule has 0 aliphatic rings. The van der Waals surface area contributed by atoms with Gasteiger partial charge in [-0.3, -0.25) is 9.59 Å². The smallest absolute Gasteiger partial charge is 0.261 e. The number of benzene rings is 2. The van der Waals surface area contributed by atoms with Gasteiger partial charge in [-0.1, -0.05) is 51.8 Å². The van der Waals surface area contributed by atoms with Crippen LogP contribution in [0.1, 0.15) is 19.4 Å². The van der Waals surface area contributed by atoms with Crippen LogP contribution in [0.25, 0.3) is 0 Å². The first-order valence-electron chi connectivity index (χ1n) is 8.61. The summed E-state index contributed by atoms with van der Waals surface area (Å²) in [6.07, 6.45) is 0. The highest BCUT2D eigenvalue weighted by Crippen LogP contribution is 2.23. The normalized spacial score (nSPS) is 11.6. The van der Waals surface area contributed by atoms with E-state index in [0.717, 1.165) is 10.0 Å². The van der Waals surface area contributed by atoms with E-state index in [1.54, 1.807) is 31.2 Å². The lowest BCUT2D eigenvalue weighted by atomic mass is 10.1. The monoisotopic (exact) mass is 452 g/mol. The first-order chi connectivity index (χ1) is 12.9. The molecule has 0 saturated heterocycles. The molecule has 0 radical (unpaired) electrons. The summed E-state index contributed by atoms with van der Waals surface area (Å²) in [5.74, 6) is -0.0703. The quantitative estimate of drug-likeness (QED) is 0.656. The molecule has 0 saturated carbocycles. The number of hydrogen-bond donors (Lipinski definition) is 1. The zero-order valence-corrected chi connectivity index (χ0v) is 17.6. The topological polar surface area (TPSA) is 58.6 Å². The molecular formula is C20H22BrClN2O3. The molecule has 0 aliphatic carbocycles. The molecule has 5 nitrogen and oxygen atoms in total. The second kappa shape index (κ2) is 10.3. The van der Waals surface area contributed by atoms with Crippen molar-refractivity contribution in [3.63, 3.8) is 0 Å². The first-order valence-corrected chi connectivity index (χ1v) is 9.78. The molecular weight excluding hydrogens is 432 g/mol. The fraction of sp³-hybridized carbons (Fsp3) is 0.300. The number of ether oxygens (including phenoxy) is 1. The van der Waals surface area contributed by atoms with Crippen LogP contribution in [-0.2, 0) is 16.1 Å². The number of carbonyl (C=O) groups excluding carboxylic acids is 2.